The summed E-state index contributed by atoms with van der Waals surface area (Å²) in [5.41, 5.74) is 2.04. The summed E-state index contributed by atoms with van der Waals surface area (Å²) in [6.07, 6.45) is 4.22. The highest BCUT2D eigenvalue weighted by atomic mass is 79.9. The van der Waals surface area contributed by atoms with Crippen LogP contribution in [0.5, 0.6) is 5.75 Å². The summed E-state index contributed by atoms with van der Waals surface area (Å²) in [7, 11) is 0. The first-order chi connectivity index (χ1) is 13.6. The first kappa shape index (κ1) is 20.4. The van der Waals surface area contributed by atoms with Crippen LogP contribution >= 0.6 is 15.9 Å². The maximum absolute atomic E-state index is 12.9. The molecule has 0 saturated heterocycles. The van der Waals surface area contributed by atoms with Crippen molar-refractivity contribution in [2.45, 2.75) is 46.1 Å². The number of ether oxygens (including phenoxy) is 2. The van der Waals surface area contributed by atoms with Crippen LogP contribution in [0.25, 0.3) is 0 Å². The summed E-state index contributed by atoms with van der Waals surface area (Å²) < 4.78 is 14.1. The van der Waals surface area contributed by atoms with Gasteiger partial charge in [-0.15, -0.1) is 0 Å². The molecule has 1 N–H and O–H groups in total. The molecule has 0 spiro atoms. The van der Waals surface area contributed by atoms with Crippen molar-refractivity contribution >= 4 is 27.8 Å². The molecule has 0 saturated carbocycles. The number of nitrogens with one attached hydrogen (secondary N) is 1. The zero-order valence-corrected chi connectivity index (χ0v) is 18.0. The van der Waals surface area contributed by atoms with Crippen LogP contribution in [-0.2, 0) is 9.53 Å². The van der Waals surface area contributed by atoms with Crippen LogP contribution in [0.1, 0.15) is 51.6 Å². The van der Waals surface area contributed by atoms with E-state index in [4.69, 9.17) is 9.47 Å². The van der Waals surface area contributed by atoms with Crippen molar-refractivity contribution in [1.29, 1.82) is 0 Å². The number of carbonyl (C=O) groups is 1. The van der Waals surface area contributed by atoms with Gasteiger partial charge in [0.2, 0.25) is 5.95 Å². The van der Waals surface area contributed by atoms with Gasteiger partial charge >= 0.3 is 5.97 Å². The topological polar surface area (TPSA) is 78.3 Å². The summed E-state index contributed by atoms with van der Waals surface area (Å²) in [4.78, 5) is 17.2. The Morgan fingerprint density at radius 3 is 2.86 bits per heavy atom. The van der Waals surface area contributed by atoms with Crippen molar-refractivity contribution in [2.75, 3.05) is 18.5 Å². The third-order valence-electron chi connectivity index (χ3n) is 4.47. The predicted molar refractivity (Wildman–Crippen MR) is 110 cm³/mol. The number of hydrogen-bond donors (Lipinski definition) is 1. The molecule has 7 nitrogen and oxygen atoms in total. The summed E-state index contributed by atoms with van der Waals surface area (Å²) in [5, 5.41) is 7.51. The van der Waals surface area contributed by atoms with Gasteiger partial charge in [0.05, 0.1) is 18.8 Å². The first-order valence-electron chi connectivity index (χ1n) is 9.53. The zero-order valence-electron chi connectivity index (χ0n) is 16.4. The third-order valence-corrected chi connectivity index (χ3v) is 4.97. The van der Waals surface area contributed by atoms with Crippen molar-refractivity contribution in [3.63, 3.8) is 0 Å². The van der Waals surface area contributed by atoms with Crippen LogP contribution in [0.4, 0.5) is 5.95 Å². The van der Waals surface area contributed by atoms with Gasteiger partial charge < -0.3 is 14.8 Å². The molecule has 1 unspecified atom stereocenters. The highest BCUT2D eigenvalue weighted by Crippen LogP contribution is 2.40. The van der Waals surface area contributed by atoms with Crippen LogP contribution in [0.2, 0.25) is 0 Å². The number of esters is 1. The second kappa shape index (κ2) is 9.23. The first-order valence-corrected chi connectivity index (χ1v) is 10.3. The molecule has 1 aromatic carbocycles. The normalized spacial score (nSPS) is 15.8. The van der Waals surface area contributed by atoms with Gasteiger partial charge in [0.25, 0.3) is 0 Å². The molecule has 2 heterocycles. The maximum atomic E-state index is 12.9. The highest BCUT2D eigenvalue weighted by Gasteiger charge is 2.36. The lowest BCUT2D eigenvalue weighted by molar-refractivity contribution is -0.139. The SMILES string of the molecule is CCCCOc1ccc(Br)cc1C1C(C(=O)OCCC)=C(C)Nc2ncnn21. The van der Waals surface area contributed by atoms with E-state index in [1.807, 2.05) is 32.0 Å². The molecule has 0 bridgehead atoms. The fourth-order valence-corrected chi connectivity index (χ4v) is 3.49. The van der Waals surface area contributed by atoms with Gasteiger partial charge in [-0.2, -0.15) is 10.1 Å². The van der Waals surface area contributed by atoms with E-state index < -0.39 is 6.04 Å². The van der Waals surface area contributed by atoms with Gasteiger partial charge in [-0.1, -0.05) is 36.2 Å². The molecule has 28 heavy (non-hydrogen) atoms. The number of allylic oxidation sites excluding steroid dienone is 1. The van der Waals surface area contributed by atoms with E-state index in [1.165, 1.54) is 6.33 Å². The Balaban J connectivity index is 2.08. The Kier molecular flexibility index (Phi) is 6.72. The number of nitrogens with zero attached hydrogens (tertiary/aromatic N) is 3. The Morgan fingerprint density at radius 2 is 2.11 bits per heavy atom. The Morgan fingerprint density at radius 1 is 1.29 bits per heavy atom. The number of unbranched alkanes of at least 4 members (excludes halogenated alkanes) is 1. The molecule has 1 atom stereocenters. The molecular weight excluding hydrogens is 424 g/mol. The molecule has 0 radical (unpaired) electrons. The Labute approximate surface area is 173 Å². The number of fused-ring (bicyclic) bond motifs is 1. The van der Waals surface area contributed by atoms with Gasteiger partial charge in [-0.3, -0.25) is 0 Å². The van der Waals surface area contributed by atoms with Crippen molar-refractivity contribution < 1.29 is 14.3 Å². The van der Waals surface area contributed by atoms with E-state index in [2.05, 4.69) is 38.3 Å². The van der Waals surface area contributed by atoms with Crippen molar-refractivity contribution in [2.24, 2.45) is 0 Å². The van der Waals surface area contributed by atoms with Crippen LogP contribution in [0.3, 0.4) is 0 Å². The summed E-state index contributed by atoms with van der Waals surface area (Å²) in [5.74, 6) is 0.935. The molecule has 8 heteroatoms. The minimum atomic E-state index is -0.489. The number of hydrogen-bond acceptors (Lipinski definition) is 6. The molecule has 1 aliphatic rings. The molecule has 2 aromatic rings. The van der Waals surface area contributed by atoms with E-state index in [0.29, 0.717) is 30.4 Å². The number of halogens is 1. The molecule has 3 rings (SSSR count). The van der Waals surface area contributed by atoms with E-state index in [1.54, 1.807) is 4.68 Å². The number of aromatic nitrogens is 3. The van der Waals surface area contributed by atoms with E-state index >= 15 is 0 Å². The molecule has 1 aliphatic heterocycles. The quantitative estimate of drug-likeness (QED) is 0.474. The number of rotatable bonds is 8. The average molecular weight is 449 g/mol. The van der Waals surface area contributed by atoms with E-state index in [9.17, 15) is 4.79 Å². The van der Waals surface area contributed by atoms with Crippen molar-refractivity contribution in [3.05, 3.63) is 45.8 Å². The van der Waals surface area contributed by atoms with Gasteiger partial charge in [-0.25, -0.2) is 9.48 Å². The number of benzene rings is 1. The van der Waals surface area contributed by atoms with Gasteiger partial charge in [0, 0.05) is 15.7 Å². The molecule has 1 aromatic heterocycles. The lowest BCUT2D eigenvalue weighted by Gasteiger charge is -2.29. The van der Waals surface area contributed by atoms with Crippen LogP contribution < -0.4 is 10.1 Å². The smallest absolute Gasteiger partial charge is 0.338 e. The second-order valence-corrected chi connectivity index (χ2v) is 7.53. The Hall–Kier alpha value is -2.35. The van der Waals surface area contributed by atoms with E-state index in [0.717, 1.165) is 35.0 Å². The maximum Gasteiger partial charge on any atom is 0.338 e. The van der Waals surface area contributed by atoms with Crippen molar-refractivity contribution in [3.8, 4) is 5.75 Å². The monoisotopic (exact) mass is 448 g/mol. The largest absolute Gasteiger partial charge is 0.493 e. The minimum Gasteiger partial charge on any atom is -0.493 e. The van der Waals surface area contributed by atoms with Gasteiger partial charge in [0.1, 0.15) is 18.1 Å². The predicted octanol–water partition coefficient (Wildman–Crippen LogP) is 4.46. The van der Waals surface area contributed by atoms with Crippen LogP contribution in [0, 0.1) is 0 Å². The standard InChI is InChI=1S/C20H25BrN4O3/c1-4-6-10-27-16-8-7-14(21)11-15(16)18-17(19(26)28-9-5-2)13(3)24-20-22-12-23-25(18)20/h7-8,11-12,18H,4-6,9-10H2,1-3H3,(H,22,23,24). The fourth-order valence-electron chi connectivity index (χ4n) is 3.11. The lowest BCUT2D eigenvalue weighted by atomic mass is 9.95. The zero-order chi connectivity index (χ0) is 20.1. The minimum absolute atomic E-state index is 0.363. The molecule has 0 amide bonds. The van der Waals surface area contributed by atoms with Gasteiger partial charge in [0.15, 0.2) is 0 Å². The molecule has 0 aliphatic carbocycles. The van der Waals surface area contributed by atoms with E-state index in [-0.39, 0.29) is 5.97 Å². The highest BCUT2D eigenvalue weighted by molar-refractivity contribution is 9.10. The third kappa shape index (κ3) is 4.22. The van der Waals surface area contributed by atoms with Crippen LogP contribution in [-0.4, -0.2) is 33.9 Å². The molecule has 150 valence electrons. The summed E-state index contributed by atoms with van der Waals surface area (Å²) >= 11 is 3.54. The van der Waals surface area contributed by atoms with Crippen molar-refractivity contribution in [1.82, 2.24) is 14.8 Å². The van der Waals surface area contributed by atoms with Gasteiger partial charge in [-0.05, 0) is 38.0 Å². The molecular formula is C20H25BrN4O3. The summed E-state index contributed by atoms with van der Waals surface area (Å²) in [6, 6.07) is 5.32. The number of anilines is 1. The summed E-state index contributed by atoms with van der Waals surface area (Å²) in [6.45, 7) is 6.91. The Bertz CT molecular complexity index is 878. The lowest BCUT2D eigenvalue weighted by Crippen LogP contribution is -2.30. The average Bonchev–Trinajstić information content (AvgIpc) is 3.14. The van der Waals surface area contributed by atoms with Crippen LogP contribution in [0.15, 0.2) is 40.3 Å². The number of carbonyl (C=O) groups excluding carboxylic acids is 1. The fraction of sp³-hybridized carbons (Fsp3) is 0.450. The second-order valence-electron chi connectivity index (χ2n) is 6.61. The molecule has 0 fully saturated rings.